The number of amides is 1. The first-order valence-corrected chi connectivity index (χ1v) is 15.6. The van der Waals surface area contributed by atoms with E-state index in [1.165, 1.54) is 55.5 Å². The Morgan fingerprint density at radius 1 is 0.857 bits per heavy atom. The van der Waals surface area contributed by atoms with Crippen LogP contribution in [0.3, 0.4) is 0 Å². The molecule has 1 aliphatic carbocycles. The summed E-state index contributed by atoms with van der Waals surface area (Å²) in [5.41, 5.74) is 3.27. The van der Waals surface area contributed by atoms with Crippen LogP contribution in [0.15, 0.2) is 77.8 Å². The maximum absolute atomic E-state index is 14.5. The van der Waals surface area contributed by atoms with Gasteiger partial charge in [-0.25, -0.2) is 13.8 Å². The topological polar surface area (TPSA) is 35.9 Å². The zero-order valence-electron chi connectivity index (χ0n) is 24.8. The van der Waals surface area contributed by atoms with Gasteiger partial charge in [0.1, 0.15) is 17.5 Å². The van der Waals surface area contributed by atoms with Gasteiger partial charge in [0.05, 0.1) is 0 Å². The molecule has 0 radical (unpaired) electrons. The Balaban J connectivity index is 1.21. The van der Waals surface area contributed by atoms with Gasteiger partial charge in [0.15, 0.2) is 5.54 Å². The van der Waals surface area contributed by atoms with E-state index in [1.807, 2.05) is 4.90 Å². The third-order valence-corrected chi connectivity index (χ3v) is 9.93. The fraction of sp³-hybridized carbons (Fsp3) is 0.444. The van der Waals surface area contributed by atoms with Crippen molar-refractivity contribution < 1.29 is 13.6 Å². The predicted molar refractivity (Wildman–Crippen MR) is 164 cm³/mol. The Morgan fingerprint density at radius 2 is 1.48 bits per heavy atom. The summed E-state index contributed by atoms with van der Waals surface area (Å²) in [6.45, 7) is 7.90. The van der Waals surface area contributed by atoms with E-state index in [2.05, 4.69) is 43.0 Å². The van der Waals surface area contributed by atoms with Crippen LogP contribution in [0, 0.1) is 17.6 Å². The zero-order chi connectivity index (χ0) is 29.3. The Labute approximate surface area is 248 Å². The van der Waals surface area contributed by atoms with Gasteiger partial charge in [-0.15, -0.1) is 0 Å². The standard InChI is InChI=1S/C36H41F2N3O/c1-3-7-26(2)33-39-36(28-10-14-30(37)15-11-28,29-12-16-31(38)17-13-29)34(42)41(33)23-6-22-40-24-20-35(21-25-40)19-18-27-8-4-5-9-32(27)35/h4-5,8-17,26H,3,6-7,18-25H2,1-2H3. The summed E-state index contributed by atoms with van der Waals surface area (Å²) in [5.74, 6) is -0.0278. The predicted octanol–water partition coefficient (Wildman–Crippen LogP) is 7.26. The summed E-state index contributed by atoms with van der Waals surface area (Å²) in [7, 11) is 0. The number of aryl methyl sites for hydroxylation is 1. The SMILES string of the molecule is CCCC(C)C1=NC(c2ccc(F)cc2)(c2ccc(F)cc2)C(=O)N1CCCN1CCC2(CCc3ccccc32)CC1. The second-order valence-electron chi connectivity index (χ2n) is 12.5. The van der Waals surface area contributed by atoms with Crippen molar-refractivity contribution in [1.82, 2.24) is 9.80 Å². The molecule has 3 aromatic carbocycles. The number of hydrogen-bond acceptors (Lipinski definition) is 3. The fourth-order valence-corrected chi connectivity index (χ4v) is 7.60. The van der Waals surface area contributed by atoms with Gasteiger partial charge < -0.3 is 4.90 Å². The minimum absolute atomic E-state index is 0.0824. The Kier molecular flexibility index (Phi) is 8.01. The van der Waals surface area contributed by atoms with Crippen molar-refractivity contribution in [2.24, 2.45) is 10.9 Å². The highest BCUT2D eigenvalue weighted by Gasteiger charge is 2.51. The lowest BCUT2D eigenvalue weighted by molar-refractivity contribution is -0.130. The van der Waals surface area contributed by atoms with Gasteiger partial charge in [-0.05, 0) is 110 Å². The normalized spacial score (nSPS) is 20.1. The second kappa shape index (κ2) is 11.7. The summed E-state index contributed by atoms with van der Waals surface area (Å²) in [6.07, 6.45) is 7.54. The van der Waals surface area contributed by atoms with E-state index in [0.717, 1.165) is 44.7 Å². The molecule has 1 spiro atoms. The van der Waals surface area contributed by atoms with Crippen molar-refractivity contribution in [3.63, 3.8) is 0 Å². The van der Waals surface area contributed by atoms with Crippen molar-refractivity contribution in [2.45, 2.75) is 69.7 Å². The van der Waals surface area contributed by atoms with Gasteiger partial charge in [-0.2, -0.15) is 0 Å². The average molecular weight is 570 g/mol. The lowest BCUT2D eigenvalue weighted by Crippen LogP contribution is -2.45. The molecule has 0 saturated carbocycles. The number of hydrogen-bond donors (Lipinski definition) is 0. The van der Waals surface area contributed by atoms with Crippen molar-refractivity contribution in [2.75, 3.05) is 26.2 Å². The molecule has 1 amide bonds. The van der Waals surface area contributed by atoms with Crippen molar-refractivity contribution in [3.8, 4) is 0 Å². The quantitative estimate of drug-likeness (QED) is 0.272. The number of halogens is 2. The molecule has 42 heavy (non-hydrogen) atoms. The van der Waals surface area contributed by atoms with Gasteiger partial charge in [0.25, 0.3) is 5.91 Å². The van der Waals surface area contributed by atoms with Crippen LogP contribution in [-0.2, 0) is 22.2 Å². The van der Waals surface area contributed by atoms with Crippen LogP contribution in [0.25, 0.3) is 0 Å². The Bertz CT molecular complexity index is 1400. The molecule has 0 aromatic heterocycles. The number of carbonyl (C=O) groups is 1. The highest BCUT2D eigenvalue weighted by Crippen LogP contribution is 2.46. The zero-order valence-corrected chi connectivity index (χ0v) is 24.8. The van der Waals surface area contributed by atoms with Crippen LogP contribution in [0.4, 0.5) is 8.78 Å². The lowest BCUT2D eigenvalue weighted by Gasteiger charge is -2.40. The highest BCUT2D eigenvalue weighted by molar-refractivity contribution is 6.11. The van der Waals surface area contributed by atoms with E-state index in [-0.39, 0.29) is 23.5 Å². The Hall–Kier alpha value is -3.38. The van der Waals surface area contributed by atoms with Crippen molar-refractivity contribution in [3.05, 3.63) is 107 Å². The number of rotatable bonds is 9. The van der Waals surface area contributed by atoms with Crippen molar-refractivity contribution >= 4 is 11.7 Å². The molecule has 1 unspecified atom stereocenters. The summed E-state index contributed by atoms with van der Waals surface area (Å²) in [5, 5.41) is 0. The van der Waals surface area contributed by atoms with Crippen LogP contribution in [-0.4, -0.2) is 47.7 Å². The highest BCUT2D eigenvalue weighted by atomic mass is 19.1. The third kappa shape index (κ3) is 5.08. The maximum atomic E-state index is 14.5. The molecule has 1 atom stereocenters. The fourth-order valence-electron chi connectivity index (χ4n) is 7.60. The number of piperidine rings is 1. The smallest absolute Gasteiger partial charge is 0.265 e. The summed E-state index contributed by atoms with van der Waals surface area (Å²) in [6, 6.07) is 21.0. The molecule has 2 heterocycles. The average Bonchev–Trinajstić information content (AvgIpc) is 3.51. The Morgan fingerprint density at radius 3 is 2.10 bits per heavy atom. The summed E-state index contributed by atoms with van der Waals surface area (Å²) >= 11 is 0. The van der Waals surface area contributed by atoms with Crippen LogP contribution in [0.5, 0.6) is 0 Å². The third-order valence-electron chi connectivity index (χ3n) is 9.93. The van der Waals surface area contributed by atoms with E-state index in [4.69, 9.17) is 4.99 Å². The molecule has 1 saturated heterocycles. The lowest BCUT2D eigenvalue weighted by atomic mass is 9.74. The minimum Gasteiger partial charge on any atom is -0.303 e. The first-order valence-electron chi connectivity index (χ1n) is 15.6. The van der Waals surface area contributed by atoms with Gasteiger partial charge in [0.2, 0.25) is 0 Å². The molecule has 220 valence electrons. The molecule has 2 aliphatic heterocycles. The van der Waals surface area contributed by atoms with E-state index in [1.54, 1.807) is 29.8 Å². The van der Waals surface area contributed by atoms with Crippen LogP contribution < -0.4 is 0 Å². The number of amidine groups is 1. The maximum Gasteiger partial charge on any atom is 0.265 e. The van der Waals surface area contributed by atoms with Crippen LogP contribution >= 0.6 is 0 Å². The molecule has 4 nitrogen and oxygen atoms in total. The summed E-state index contributed by atoms with van der Waals surface area (Å²) < 4.78 is 27.9. The van der Waals surface area contributed by atoms with Gasteiger partial charge >= 0.3 is 0 Å². The van der Waals surface area contributed by atoms with E-state index >= 15 is 0 Å². The number of nitrogens with zero attached hydrogens (tertiary/aromatic N) is 3. The minimum atomic E-state index is -1.36. The van der Waals surface area contributed by atoms with Gasteiger partial charge in [-0.1, -0.05) is 68.8 Å². The molecular weight excluding hydrogens is 528 g/mol. The molecule has 6 rings (SSSR count). The van der Waals surface area contributed by atoms with Crippen LogP contribution in [0.2, 0.25) is 0 Å². The molecule has 3 aromatic rings. The molecule has 1 fully saturated rings. The monoisotopic (exact) mass is 569 g/mol. The number of fused-ring (bicyclic) bond motifs is 2. The number of carbonyl (C=O) groups excluding carboxylic acids is 1. The second-order valence-corrected chi connectivity index (χ2v) is 12.5. The number of aliphatic imine (C=N–C) groups is 1. The van der Waals surface area contributed by atoms with E-state index < -0.39 is 5.54 Å². The van der Waals surface area contributed by atoms with E-state index in [0.29, 0.717) is 23.1 Å². The van der Waals surface area contributed by atoms with Gasteiger partial charge in [-0.3, -0.25) is 9.69 Å². The number of benzene rings is 3. The van der Waals surface area contributed by atoms with Crippen LogP contribution in [0.1, 0.15) is 74.6 Å². The van der Waals surface area contributed by atoms with Gasteiger partial charge in [0, 0.05) is 12.5 Å². The molecular formula is C36H41F2N3O. The first kappa shape index (κ1) is 28.7. The molecule has 3 aliphatic rings. The number of likely N-dealkylation sites (tertiary alicyclic amines) is 1. The van der Waals surface area contributed by atoms with Crippen molar-refractivity contribution in [1.29, 1.82) is 0 Å². The molecule has 0 bridgehead atoms. The van der Waals surface area contributed by atoms with E-state index in [9.17, 15) is 13.6 Å². The largest absolute Gasteiger partial charge is 0.303 e. The molecule has 0 N–H and O–H groups in total. The molecule has 6 heteroatoms. The first-order chi connectivity index (χ1) is 20.4. The summed E-state index contributed by atoms with van der Waals surface area (Å²) in [4.78, 5) is 24.1.